The number of carbonyl (C=O) groups is 2. The minimum Gasteiger partial charge on any atom is -0.469 e. The van der Waals surface area contributed by atoms with Crippen molar-refractivity contribution in [3.8, 4) is 0 Å². The predicted molar refractivity (Wildman–Crippen MR) is 110 cm³/mol. The molecule has 4 atom stereocenters. The van der Waals surface area contributed by atoms with Gasteiger partial charge in [0, 0.05) is 24.7 Å². The lowest BCUT2D eigenvalue weighted by Crippen LogP contribution is -2.23. The van der Waals surface area contributed by atoms with E-state index in [1.54, 1.807) is 6.08 Å². The monoisotopic (exact) mass is 392 g/mol. The summed E-state index contributed by atoms with van der Waals surface area (Å²) in [6.07, 6.45) is 12.6. The SMILES string of the molecule is CCCCC(C)(O)CC=CC1C(O)CC(=O)C1CCC=C=CCCC(=O)OC. The van der Waals surface area contributed by atoms with Crippen molar-refractivity contribution < 1.29 is 24.5 Å². The van der Waals surface area contributed by atoms with E-state index in [0.717, 1.165) is 19.3 Å². The maximum Gasteiger partial charge on any atom is 0.305 e. The minimum absolute atomic E-state index is 0.1000. The van der Waals surface area contributed by atoms with Gasteiger partial charge in [-0.05, 0) is 51.2 Å². The van der Waals surface area contributed by atoms with Gasteiger partial charge in [-0.25, -0.2) is 0 Å². The molecule has 0 bridgehead atoms. The number of allylic oxidation sites excluding steroid dienone is 1. The van der Waals surface area contributed by atoms with Gasteiger partial charge in [0.15, 0.2) is 0 Å². The quantitative estimate of drug-likeness (QED) is 0.299. The third-order valence-electron chi connectivity index (χ3n) is 5.30. The fourth-order valence-corrected chi connectivity index (χ4v) is 3.54. The van der Waals surface area contributed by atoms with Gasteiger partial charge in [0.2, 0.25) is 0 Å². The van der Waals surface area contributed by atoms with Crippen LogP contribution in [0.15, 0.2) is 30.0 Å². The number of ketones is 1. The Morgan fingerprint density at radius 2 is 2.07 bits per heavy atom. The van der Waals surface area contributed by atoms with Crippen molar-refractivity contribution in [1.82, 2.24) is 0 Å². The van der Waals surface area contributed by atoms with E-state index in [4.69, 9.17) is 0 Å². The number of esters is 1. The number of methoxy groups -OCH3 is 1. The number of hydrogen-bond acceptors (Lipinski definition) is 5. The smallest absolute Gasteiger partial charge is 0.305 e. The van der Waals surface area contributed by atoms with Crippen molar-refractivity contribution in [3.05, 3.63) is 30.0 Å². The van der Waals surface area contributed by atoms with Gasteiger partial charge >= 0.3 is 5.97 Å². The molecule has 0 heterocycles. The molecule has 1 aliphatic rings. The highest BCUT2D eigenvalue weighted by Gasteiger charge is 2.39. The third-order valence-corrected chi connectivity index (χ3v) is 5.30. The highest BCUT2D eigenvalue weighted by Crippen LogP contribution is 2.34. The Bertz CT molecular complexity index is 584. The first kappa shape index (κ1) is 24.4. The average Bonchev–Trinajstić information content (AvgIpc) is 2.92. The Morgan fingerprint density at radius 1 is 1.36 bits per heavy atom. The normalized spacial score (nSPS) is 24.0. The molecule has 1 aliphatic carbocycles. The van der Waals surface area contributed by atoms with Gasteiger partial charge in [-0.15, -0.1) is 5.73 Å². The second kappa shape index (κ2) is 12.7. The number of hydrogen-bond donors (Lipinski definition) is 2. The molecule has 0 spiro atoms. The molecule has 0 aromatic heterocycles. The van der Waals surface area contributed by atoms with Crippen LogP contribution in [-0.4, -0.2) is 40.8 Å². The van der Waals surface area contributed by atoms with Crippen LogP contribution in [0.3, 0.4) is 0 Å². The van der Waals surface area contributed by atoms with Gasteiger partial charge in [0.1, 0.15) is 5.78 Å². The van der Waals surface area contributed by atoms with Crippen molar-refractivity contribution in [1.29, 1.82) is 0 Å². The van der Waals surface area contributed by atoms with Crippen LogP contribution in [0.2, 0.25) is 0 Å². The fraction of sp³-hybridized carbons (Fsp3) is 0.696. The van der Waals surface area contributed by atoms with Crippen molar-refractivity contribution in [3.63, 3.8) is 0 Å². The van der Waals surface area contributed by atoms with Gasteiger partial charge in [0.05, 0.1) is 18.8 Å². The summed E-state index contributed by atoms with van der Waals surface area (Å²) in [5, 5.41) is 20.6. The lowest BCUT2D eigenvalue weighted by atomic mass is 9.88. The van der Waals surface area contributed by atoms with Crippen LogP contribution in [0.4, 0.5) is 0 Å². The maximum absolute atomic E-state index is 12.2. The highest BCUT2D eigenvalue weighted by molar-refractivity contribution is 5.84. The molecule has 4 unspecified atom stereocenters. The van der Waals surface area contributed by atoms with E-state index in [1.165, 1.54) is 7.11 Å². The van der Waals surface area contributed by atoms with Crippen LogP contribution >= 0.6 is 0 Å². The van der Waals surface area contributed by atoms with Crippen LogP contribution in [0.5, 0.6) is 0 Å². The summed E-state index contributed by atoms with van der Waals surface area (Å²) in [6, 6.07) is 0. The zero-order valence-electron chi connectivity index (χ0n) is 17.5. The summed E-state index contributed by atoms with van der Waals surface area (Å²) < 4.78 is 4.57. The molecule has 0 radical (unpaired) electrons. The second-order valence-corrected chi connectivity index (χ2v) is 7.92. The topological polar surface area (TPSA) is 83.8 Å². The van der Waals surface area contributed by atoms with Gasteiger partial charge < -0.3 is 14.9 Å². The van der Waals surface area contributed by atoms with Gasteiger partial charge in [0.25, 0.3) is 0 Å². The summed E-state index contributed by atoms with van der Waals surface area (Å²) in [5.74, 6) is -0.527. The van der Waals surface area contributed by atoms with E-state index >= 15 is 0 Å². The van der Waals surface area contributed by atoms with E-state index in [1.807, 2.05) is 25.2 Å². The first-order valence-electron chi connectivity index (χ1n) is 10.4. The average molecular weight is 393 g/mol. The summed E-state index contributed by atoms with van der Waals surface area (Å²) in [7, 11) is 1.37. The molecule has 5 nitrogen and oxygen atoms in total. The summed E-state index contributed by atoms with van der Waals surface area (Å²) >= 11 is 0. The molecule has 28 heavy (non-hydrogen) atoms. The molecule has 0 aromatic rings. The zero-order valence-corrected chi connectivity index (χ0v) is 17.5. The standard InChI is InChI=1S/C23H36O5/c1-4-5-15-23(2,27)16-11-13-19-18(20(24)17-21(19)25)12-9-7-6-8-10-14-22(26)28-3/h7-8,11,13,18-19,21,25,27H,4-5,9-10,12,14-17H2,1-3H3. The lowest BCUT2D eigenvalue weighted by molar-refractivity contribution is -0.140. The predicted octanol–water partition coefficient (Wildman–Crippen LogP) is 3.88. The molecule has 158 valence electrons. The van der Waals surface area contributed by atoms with Crippen molar-refractivity contribution in [2.24, 2.45) is 11.8 Å². The van der Waals surface area contributed by atoms with Crippen LogP contribution < -0.4 is 0 Å². The number of aliphatic hydroxyl groups excluding tert-OH is 1. The number of carbonyl (C=O) groups excluding carboxylic acids is 2. The van der Waals surface area contributed by atoms with E-state index in [-0.39, 0.29) is 30.0 Å². The number of aliphatic hydroxyl groups is 2. The van der Waals surface area contributed by atoms with Crippen LogP contribution in [0, 0.1) is 11.8 Å². The highest BCUT2D eigenvalue weighted by atomic mass is 16.5. The first-order valence-corrected chi connectivity index (χ1v) is 10.4. The summed E-state index contributed by atoms with van der Waals surface area (Å²) in [4.78, 5) is 23.2. The molecule has 1 fully saturated rings. The number of unbranched alkanes of at least 4 members (excludes halogenated alkanes) is 1. The molecular formula is C23H36O5. The van der Waals surface area contributed by atoms with E-state index in [9.17, 15) is 19.8 Å². The number of rotatable bonds is 12. The largest absolute Gasteiger partial charge is 0.469 e. The lowest BCUT2D eigenvalue weighted by Gasteiger charge is -2.22. The van der Waals surface area contributed by atoms with Gasteiger partial charge in [-0.3, -0.25) is 9.59 Å². The Labute approximate surface area is 169 Å². The second-order valence-electron chi connectivity index (χ2n) is 7.92. The Balaban J connectivity index is 2.52. The van der Waals surface area contributed by atoms with Crippen molar-refractivity contribution >= 4 is 11.8 Å². The molecule has 0 aromatic carbocycles. The summed E-state index contributed by atoms with van der Waals surface area (Å²) in [5.41, 5.74) is 2.29. The zero-order chi connectivity index (χ0) is 21.0. The third kappa shape index (κ3) is 9.01. The van der Waals surface area contributed by atoms with Crippen molar-refractivity contribution in [2.45, 2.75) is 83.3 Å². The fourth-order valence-electron chi connectivity index (χ4n) is 3.54. The van der Waals surface area contributed by atoms with Gasteiger partial charge in [-0.1, -0.05) is 31.9 Å². The molecule has 0 aliphatic heterocycles. The molecule has 0 saturated heterocycles. The Kier molecular flexibility index (Phi) is 11.1. The molecule has 1 rings (SSSR count). The Morgan fingerprint density at radius 3 is 2.75 bits per heavy atom. The molecule has 2 N–H and O–H groups in total. The minimum atomic E-state index is -0.743. The Hall–Kier alpha value is -1.68. The van der Waals surface area contributed by atoms with E-state index in [2.05, 4.69) is 17.4 Å². The molecular weight excluding hydrogens is 356 g/mol. The summed E-state index contributed by atoms with van der Waals surface area (Å²) in [6.45, 7) is 3.93. The van der Waals surface area contributed by atoms with Crippen LogP contribution in [0.25, 0.3) is 0 Å². The molecule has 5 heteroatoms. The van der Waals surface area contributed by atoms with Crippen LogP contribution in [0.1, 0.15) is 71.6 Å². The van der Waals surface area contributed by atoms with E-state index < -0.39 is 11.7 Å². The molecule has 0 amide bonds. The van der Waals surface area contributed by atoms with Crippen molar-refractivity contribution in [2.75, 3.05) is 7.11 Å². The number of ether oxygens (including phenoxy) is 1. The van der Waals surface area contributed by atoms with Gasteiger partial charge in [-0.2, -0.15) is 0 Å². The molecule has 1 saturated carbocycles. The van der Waals surface area contributed by atoms with E-state index in [0.29, 0.717) is 32.1 Å². The maximum atomic E-state index is 12.2. The first-order chi connectivity index (χ1) is 13.3. The number of Topliss-reactive ketones (excluding diaryl/α,β-unsaturated/α-hetero) is 1. The van der Waals surface area contributed by atoms with Crippen LogP contribution in [-0.2, 0) is 14.3 Å².